The summed E-state index contributed by atoms with van der Waals surface area (Å²) < 4.78 is 1.55. The molecule has 0 aliphatic heterocycles. The lowest BCUT2D eigenvalue weighted by atomic mass is 10.2. The lowest BCUT2D eigenvalue weighted by Crippen LogP contribution is -2.35. The van der Waals surface area contributed by atoms with Gasteiger partial charge in [-0.05, 0) is 19.6 Å². The summed E-state index contributed by atoms with van der Waals surface area (Å²) in [5.74, 6) is 0.725. The molecule has 0 saturated heterocycles. The molecule has 1 rings (SSSR count). The molecule has 0 bridgehead atoms. The van der Waals surface area contributed by atoms with E-state index in [1.807, 2.05) is 20.1 Å². The van der Waals surface area contributed by atoms with Crippen molar-refractivity contribution in [3.05, 3.63) is 11.4 Å². The monoisotopic (exact) mass is 256 g/mol. The van der Waals surface area contributed by atoms with Crippen molar-refractivity contribution in [2.45, 2.75) is 26.3 Å². The van der Waals surface area contributed by atoms with Crippen LogP contribution in [0.1, 0.15) is 30.0 Å². The molecule has 0 saturated carbocycles. The lowest BCUT2D eigenvalue weighted by Gasteiger charge is -2.12. The number of nitrogens with two attached hydrogens (primary N) is 1. The van der Waals surface area contributed by atoms with Gasteiger partial charge in [0.2, 0.25) is 0 Å². The molecule has 0 fully saturated rings. The first-order valence-electron chi connectivity index (χ1n) is 5.62. The normalized spacial score (nSPS) is 12.5. The standard InChI is InChI=1S/C11H20N4OS/c1-5-8-9(12)10(15(3)14-8)11(16)13-7(2)6-17-4/h7H,5-6,12H2,1-4H3,(H,13,16). The van der Waals surface area contributed by atoms with Crippen LogP contribution in [0, 0.1) is 0 Å². The van der Waals surface area contributed by atoms with Gasteiger partial charge in [0.15, 0.2) is 0 Å². The largest absolute Gasteiger partial charge is 0.395 e. The first kappa shape index (κ1) is 13.9. The predicted octanol–water partition coefficient (Wildman–Crippen LogP) is 1.05. The Balaban J connectivity index is 2.85. The van der Waals surface area contributed by atoms with Gasteiger partial charge < -0.3 is 11.1 Å². The van der Waals surface area contributed by atoms with Crippen molar-refractivity contribution in [3.8, 4) is 0 Å². The quantitative estimate of drug-likeness (QED) is 0.826. The summed E-state index contributed by atoms with van der Waals surface area (Å²) in [6, 6.07) is 0.122. The van der Waals surface area contributed by atoms with Crippen LogP contribution in [0.3, 0.4) is 0 Å². The molecule has 0 aromatic carbocycles. The third-order valence-corrected chi connectivity index (χ3v) is 3.34. The third-order valence-electron chi connectivity index (χ3n) is 2.50. The van der Waals surface area contributed by atoms with E-state index in [1.54, 1.807) is 23.5 Å². The summed E-state index contributed by atoms with van der Waals surface area (Å²) in [5.41, 5.74) is 7.63. The molecule has 96 valence electrons. The number of aromatic nitrogens is 2. The zero-order chi connectivity index (χ0) is 13.0. The fraction of sp³-hybridized carbons (Fsp3) is 0.636. The minimum Gasteiger partial charge on any atom is -0.395 e. The van der Waals surface area contributed by atoms with Crippen molar-refractivity contribution in [1.29, 1.82) is 0 Å². The van der Waals surface area contributed by atoms with Crippen LogP contribution in [-0.2, 0) is 13.5 Å². The lowest BCUT2D eigenvalue weighted by molar-refractivity contribution is 0.0935. The van der Waals surface area contributed by atoms with Crippen LogP contribution in [0.25, 0.3) is 0 Å². The van der Waals surface area contributed by atoms with Crippen molar-refractivity contribution in [1.82, 2.24) is 15.1 Å². The fourth-order valence-corrected chi connectivity index (χ4v) is 2.29. The van der Waals surface area contributed by atoms with Crippen LogP contribution in [0.5, 0.6) is 0 Å². The minimum absolute atomic E-state index is 0.122. The zero-order valence-electron chi connectivity index (χ0n) is 10.8. The minimum atomic E-state index is -0.154. The van der Waals surface area contributed by atoms with Crippen LogP contribution in [-0.4, -0.2) is 33.7 Å². The van der Waals surface area contributed by atoms with Crippen molar-refractivity contribution in [3.63, 3.8) is 0 Å². The smallest absolute Gasteiger partial charge is 0.271 e. The molecule has 1 amide bonds. The van der Waals surface area contributed by atoms with E-state index in [0.717, 1.165) is 17.9 Å². The maximum Gasteiger partial charge on any atom is 0.271 e. The number of nitrogens with zero attached hydrogens (tertiary/aromatic N) is 2. The highest BCUT2D eigenvalue weighted by atomic mass is 32.2. The Morgan fingerprint density at radius 1 is 1.65 bits per heavy atom. The first-order chi connectivity index (χ1) is 8.01. The van der Waals surface area contributed by atoms with E-state index < -0.39 is 0 Å². The van der Waals surface area contributed by atoms with Gasteiger partial charge in [-0.2, -0.15) is 16.9 Å². The van der Waals surface area contributed by atoms with Crippen LogP contribution in [0.4, 0.5) is 5.69 Å². The Labute approximate surface area is 106 Å². The van der Waals surface area contributed by atoms with Gasteiger partial charge in [-0.15, -0.1) is 0 Å². The van der Waals surface area contributed by atoms with Gasteiger partial charge in [0, 0.05) is 18.8 Å². The molecule has 6 heteroatoms. The van der Waals surface area contributed by atoms with E-state index in [0.29, 0.717) is 11.4 Å². The van der Waals surface area contributed by atoms with E-state index >= 15 is 0 Å². The van der Waals surface area contributed by atoms with Crippen LogP contribution < -0.4 is 11.1 Å². The Morgan fingerprint density at radius 3 is 2.76 bits per heavy atom. The number of thioether (sulfide) groups is 1. The Morgan fingerprint density at radius 2 is 2.29 bits per heavy atom. The summed E-state index contributed by atoms with van der Waals surface area (Å²) in [5, 5.41) is 7.14. The first-order valence-corrected chi connectivity index (χ1v) is 7.01. The maximum absolute atomic E-state index is 12.0. The van der Waals surface area contributed by atoms with E-state index in [9.17, 15) is 4.79 Å². The third kappa shape index (κ3) is 3.15. The summed E-state index contributed by atoms with van der Waals surface area (Å²) in [6.07, 6.45) is 2.74. The molecule has 0 spiro atoms. The van der Waals surface area contributed by atoms with Gasteiger partial charge in [0.25, 0.3) is 5.91 Å². The van der Waals surface area contributed by atoms with Gasteiger partial charge in [-0.25, -0.2) is 0 Å². The van der Waals surface area contributed by atoms with Gasteiger partial charge in [-0.1, -0.05) is 6.92 Å². The number of amides is 1. The Bertz CT molecular complexity index is 402. The van der Waals surface area contributed by atoms with E-state index in [1.165, 1.54) is 0 Å². The second-order valence-corrected chi connectivity index (χ2v) is 4.93. The molecule has 1 unspecified atom stereocenters. The molecule has 1 atom stereocenters. The number of carbonyl (C=O) groups excluding carboxylic acids is 1. The maximum atomic E-state index is 12.0. The number of hydrogen-bond donors (Lipinski definition) is 2. The molecule has 0 aliphatic carbocycles. The van der Waals surface area contributed by atoms with E-state index in [2.05, 4.69) is 10.4 Å². The number of anilines is 1. The summed E-state index contributed by atoms with van der Waals surface area (Å²) in [7, 11) is 1.74. The molecule has 0 aliphatic rings. The fourth-order valence-electron chi connectivity index (χ4n) is 1.71. The van der Waals surface area contributed by atoms with Crippen LogP contribution in [0.2, 0.25) is 0 Å². The van der Waals surface area contributed by atoms with Crippen molar-refractivity contribution >= 4 is 23.4 Å². The van der Waals surface area contributed by atoms with Crippen LogP contribution in [0.15, 0.2) is 0 Å². The van der Waals surface area contributed by atoms with Crippen molar-refractivity contribution in [2.24, 2.45) is 7.05 Å². The number of nitrogen functional groups attached to an aromatic ring is 1. The molecular weight excluding hydrogens is 236 g/mol. The van der Waals surface area contributed by atoms with Crippen LogP contribution >= 0.6 is 11.8 Å². The van der Waals surface area contributed by atoms with Gasteiger partial charge in [-0.3, -0.25) is 9.48 Å². The summed E-state index contributed by atoms with van der Waals surface area (Å²) in [6.45, 7) is 3.94. The Kier molecular flexibility index (Phi) is 4.86. The van der Waals surface area contributed by atoms with Crippen molar-refractivity contribution < 1.29 is 4.79 Å². The molecule has 3 N–H and O–H groups in total. The van der Waals surface area contributed by atoms with E-state index in [4.69, 9.17) is 5.73 Å². The van der Waals surface area contributed by atoms with Gasteiger partial charge in [0.1, 0.15) is 5.69 Å². The molecule has 1 aromatic rings. The number of rotatable bonds is 5. The molecule has 17 heavy (non-hydrogen) atoms. The number of aryl methyl sites for hydroxylation is 2. The summed E-state index contributed by atoms with van der Waals surface area (Å²) >= 11 is 1.70. The highest BCUT2D eigenvalue weighted by Crippen LogP contribution is 2.16. The summed E-state index contributed by atoms with van der Waals surface area (Å²) in [4.78, 5) is 12.0. The Hall–Kier alpha value is -1.17. The second-order valence-electron chi connectivity index (χ2n) is 4.02. The predicted molar refractivity (Wildman–Crippen MR) is 72.3 cm³/mol. The van der Waals surface area contributed by atoms with Gasteiger partial charge >= 0.3 is 0 Å². The molecule has 1 aromatic heterocycles. The molecule has 5 nitrogen and oxygen atoms in total. The molecule has 1 heterocycles. The highest BCUT2D eigenvalue weighted by Gasteiger charge is 2.20. The van der Waals surface area contributed by atoms with Crippen molar-refractivity contribution in [2.75, 3.05) is 17.7 Å². The second kappa shape index (κ2) is 5.95. The molecular formula is C11H20N4OS. The highest BCUT2D eigenvalue weighted by molar-refractivity contribution is 7.98. The molecule has 0 radical (unpaired) electrons. The average molecular weight is 256 g/mol. The number of hydrogen-bond acceptors (Lipinski definition) is 4. The van der Waals surface area contributed by atoms with Gasteiger partial charge in [0.05, 0.1) is 11.4 Å². The van der Waals surface area contributed by atoms with E-state index in [-0.39, 0.29) is 11.9 Å². The number of nitrogens with one attached hydrogen (secondary N) is 1. The average Bonchev–Trinajstić information content (AvgIpc) is 2.53. The zero-order valence-corrected chi connectivity index (χ0v) is 11.6. The number of carbonyl (C=O) groups is 1. The topological polar surface area (TPSA) is 72.9 Å². The SMILES string of the molecule is CCc1nn(C)c(C(=O)NC(C)CSC)c1N.